The summed E-state index contributed by atoms with van der Waals surface area (Å²) in [6.07, 6.45) is 5.47. The van der Waals surface area contributed by atoms with Crippen LogP contribution in [0.15, 0.2) is 48.5 Å². The van der Waals surface area contributed by atoms with E-state index in [1.807, 2.05) is 24.3 Å². The Balaban J connectivity index is 1.46. The van der Waals surface area contributed by atoms with Gasteiger partial charge in [0.05, 0.1) is 6.61 Å². The van der Waals surface area contributed by atoms with Crippen molar-refractivity contribution in [2.75, 3.05) is 19.7 Å². The molecule has 0 spiro atoms. The Hall–Kier alpha value is -2.89. The summed E-state index contributed by atoms with van der Waals surface area (Å²) in [5, 5.41) is 0. The maximum atomic E-state index is 13.3. The molecule has 1 heterocycles. The third-order valence-electron chi connectivity index (χ3n) is 4.72. The van der Waals surface area contributed by atoms with E-state index in [1.165, 1.54) is 6.07 Å². The Bertz CT molecular complexity index is 844. The van der Waals surface area contributed by atoms with Crippen molar-refractivity contribution in [3.63, 3.8) is 0 Å². The molecule has 3 rings (SSSR count). The van der Waals surface area contributed by atoms with E-state index in [4.69, 9.17) is 9.47 Å². The largest absolute Gasteiger partial charge is 0.494 e. The van der Waals surface area contributed by atoms with Crippen LogP contribution in [0, 0.1) is 11.6 Å². The number of hydrogen-bond donors (Lipinski definition) is 0. The molecule has 0 bridgehead atoms. The molecule has 0 aromatic heterocycles. The minimum Gasteiger partial charge on any atom is -0.494 e. The molecule has 1 aliphatic rings. The minimum atomic E-state index is -0.926. The SMILES string of the molecule is CCCOc1ccc(/C=C/C(=O)N2CCC(Oc3ccc(F)c(F)c3)CC2)cc1. The van der Waals surface area contributed by atoms with Crippen molar-refractivity contribution in [1.29, 1.82) is 0 Å². The zero-order chi connectivity index (χ0) is 20.6. The van der Waals surface area contributed by atoms with Gasteiger partial charge in [-0.05, 0) is 42.3 Å². The molecule has 2 aromatic rings. The number of hydrogen-bond acceptors (Lipinski definition) is 3. The molecule has 1 aliphatic heterocycles. The van der Waals surface area contributed by atoms with Gasteiger partial charge in [0.25, 0.3) is 0 Å². The van der Waals surface area contributed by atoms with Gasteiger partial charge in [0.2, 0.25) is 5.91 Å². The van der Waals surface area contributed by atoms with E-state index in [2.05, 4.69) is 6.92 Å². The Morgan fingerprint density at radius 1 is 1.07 bits per heavy atom. The highest BCUT2D eigenvalue weighted by atomic mass is 19.2. The van der Waals surface area contributed by atoms with Gasteiger partial charge in [-0.15, -0.1) is 0 Å². The van der Waals surface area contributed by atoms with E-state index < -0.39 is 11.6 Å². The van der Waals surface area contributed by atoms with Crippen molar-refractivity contribution in [2.45, 2.75) is 32.3 Å². The molecule has 0 atom stereocenters. The molecule has 0 N–H and O–H groups in total. The average molecular weight is 401 g/mol. The molecule has 29 heavy (non-hydrogen) atoms. The number of piperidine rings is 1. The van der Waals surface area contributed by atoms with Crippen LogP contribution in [0.2, 0.25) is 0 Å². The summed E-state index contributed by atoms with van der Waals surface area (Å²) in [5.41, 5.74) is 0.929. The fourth-order valence-corrected chi connectivity index (χ4v) is 3.10. The third-order valence-corrected chi connectivity index (χ3v) is 4.72. The van der Waals surface area contributed by atoms with Crippen molar-refractivity contribution < 1.29 is 23.0 Å². The summed E-state index contributed by atoms with van der Waals surface area (Å²) in [7, 11) is 0. The molecule has 4 nitrogen and oxygen atoms in total. The smallest absolute Gasteiger partial charge is 0.246 e. The number of nitrogens with zero attached hydrogens (tertiary/aromatic N) is 1. The molecule has 1 amide bonds. The molecule has 0 aliphatic carbocycles. The van der Waals surface area contributed by atoms with Crippen LogP contribution >= 0.6 is 0 Å². The van der Waals surface area contributed by atoms with Crippen LogP contribution < -0.4 is 9.47 Å². The normalized spacial score (nSPS) is 14.9. The first-order valence-corrected chi connectivity index (χ1v) is 9.86. The van der Waals surface area contributed by atoms with Gasteiger partial charge in [0.1, 0.15) is 17.6 Å². The van der Waals surface area contributed by atoms with E-state index >= 15 is 0 Å². The lowest BCUT2D eigenvalue weighted by atomic mass is 10.1. The van der Waals surface area contributed by atoms with Crippen molar-refractivity contribution in [3.05, 3.63) is 65.7 Å². The molecule has 1 fully saturated rings. The van der Waals surface area contributed by atoms with Gasteiger partial charge in [0, 0.05) is 38.1 Å². The Labute approximate surface area is 169 Å². The maximum absolute atomic E-state index is 13.3. The summed E-state index contributed by atoms with van der Waals surface area (Å²) >= 11 is 0. The lowest BCUT2D eigenvalue weighted by Crippen LogP contribution is -2.41. The van der Waals surface area contributed by atoms with E-state index in [0.717, 1.165) is 29.9 Å². The zero-order valence-corrected chi connectivity index (χ0v) is 16.4. The molecular formula is C23H25F2NO3. The van der Waals surface area contributed by atoms with Crippen LogP contribution in [0.5, 0.6) is 11.5 Å². The maximum Gasteiger partial charge on any atom is 0.246 e. The fourth-order valence-electron chi connectivity index (χ4n) is 3.10. The first-order valence-electron chi connectivity index (χ1n) is 9.86. The van der Waals surface area contributed by atoms with E-state index in [0.29, 0.717) is 38.3 Å². The number of rotatable bonds is 7. The van der Waals surface area contributed by atoms with Gasteiger partial charge in [-0.3, -0.25) is 4.79 Å². The fraction of sp³-hybridized carbons (Fsp3) is 0.348. The molecule has 154 valence electrons. The number of likely N-dealkylation sites (tertiary alicyclic amines) is 1. The topological polar surface area (TPSA) is 38.8 Å². The molecule has 2 aromatic carbocycles. The number of amides is 1. The highest BCUT2D eigenvalue weighted by Gasteiger charge is 2.23. The predicted octanol–water partition coefficient (Wildman–Crippen LogP) is 4.84. The second-order valence-electron chi connectivity index (χ2n) is 6.97. The van der Waals surface area contributed by atoms with Gasteiger partial charge in [0.15, 0.2) is 11.6 Å². The Morgan fingerprint density at radius 3 is 2.41 bits per heavy atom. The van der Waals surface area contributed by atoms with E-state index in [9.17, 15) is 13.6 Å². The number of halogens is 2. The number of benzene rings is 2. The summed E-state index contributed by atoms with van der Waals surface area (Å²) < 4.78 is 37.5. The van der Waals surface area contributed by atoms with Crippen LogP contribution in [0.4, 0.5) is 8.78 Å². The minimum absolute atomic E-state index is 0.0532. The first-order chi connectivity index (χ1) is 14.0. The Kier molecular flexibility index (Phi) is 7.22. The molecule has 1 saturated heterocycles. The third kappa shape index (κ3) is 6.04. The monoisotopic (exact) mass is 401 g/mol. The molecule has 0 radical (unpaired) electrons. The Morgan fingerprint density at radius 2 is 1.76 bits per heavy atom. The first kappa shape index (κ1) is 20.8. The van der Waals surface area contributed by atoms with Crippen molar-refractivity contribution in [2.24, 2.45) is 0 Å². The average Bonchev–Trinajstić information content (AvgIpc) is 2.74. The molecule has 0 saturated carbocycles. The summed E-state index contributed by atoms with van der Waals surface area (Å²) in [6, 6.07) is 11.1. The second-order valence-corrected chi connectivity index (χ2v) is 6.97. The number of ether oxygens (including phenoxy) is 2. The quantitative estimate of drug-likeness (QED) is 0.624. The van der Waals surface area contributed by atoms with Gasteiger partial charge in [-0.1, -0.05) is 19.1 Å². The van der Waals surface area contributed by atoms with Gasteiger partial charge in [-0.2, -0.15) is 0 Å². The van der Waals surface area contributed by atoms with Crippen LogP contribution in [-0.2, 0) is 4.79 Å². The lowest BCUT2D eigenvalue weighted by molar-refractivity contribution is -0.127. The van der Waals surface area contributed by atoms with Gasteiger partial charge in [-0.25, -0.2) is 8.78 Å². The van der Waals surface area contributed by atoms with Gasteiger partial charge < -0.3 is 14.4 Å². The molecule has 0 unspecified atom stereocenters. The van der Waals surface area contributed by atoms with Crippen molar-refractivity contribution >= 4 is 12.0 Å². The predicted molar refractivity (Wildman–Crippen MR) is 108 cm³/mol. The van der Waals surface area contributed by atoms with Gasteiger partial charge >= 0.3 is 0 Å². The number of carbonyl (C=O) groups is 1. The summed E-state index contributed by atoms with van der Waals surface area (Å²) in [4.78, 5) is 14.2. The lowest BCUT2D eigenvalue weighted by Gasteiger charge is -2.31. The number of carbonyl (C=O) groups excluding carboxylic acids is 1. The van der Waals surface area contributed by atoms with Crippen molar-refractivity contribution in [3.8, 4) is 11.5 Å². The summed E-state index contributed by atoms with van der Waals surface area (Å²) in [6.45, 7) is 3.85. The van der Waals surface area contributed by atoms with Crippen LogP contribution in [0.25, 0.3) is 6.08 Å². The van der Waals surface area contributed by atoms with E-state index in [-0.39, 0.29) is 12.0 Å². The molecule has 6 heteroatoms. The highest BCUT2D eigenvalue weighted by molar-refractivity contribution is 5.91. The molecular weight excluding hydrogens is 376 g/mol. The van der Waals surface area contributed by atoms with Crippen LogP contribution in [0.3, 0.4) is 0 Å². The van der Waals surface area contributed by atoms with Crippen LogP contribution in [0.1, 0.15) is 31.7 Å². The second kappa shape index (κ2) is 10.0. The standard InChI is InChI=1S/C23H25F2NO3/c1-2-15-28-18-6-3-17(4-7-18)5-10-23(27)26-13-11-19(12-14-26)29-20-8-9-21(24)22(25)16-20/h3-10,16,19H,2,11-15H2,1H3/b10-5+. The highest BCUT2D eigenvalue weighted by Crippen LogP contribution is 2.21. The summed E-state index contributed by atoms with van der Waals surface area (Å²) in [5.74, 6) is -0.751. The van der Waals surface area contributed by atoms with E-state index in [1.54, 1.807) is 17.1 Å². The van der Waals surface area contributed by atoms with Crippen molar-refractivity contribution in [1.82, 2.24) is 4.90 Å². The van der Waals surface area contributed by atoms with Crippen LogP contribution in [-0.4, -0.2) is 36.6 Å². The zero-order valence-electron chi connectivity index (χ0n) is 16.4.